The summed E-state index contributed by atoms with van der Waals surface area (Å²) >= 11 is 6.44. The van der Waals surface area contributed by atoms with Crippen LogP contribution < -0.4 is 4.74 Å². The Morgan fingerprint density at radius 2 is 1.86 bits per heavy atom. The van der Waals surface area contributed by atoms with Gasteiger partial charge in [-0.05, 0) is 61.2 Å². The van der Waals surface area contributed by atoms with E-state index in [-0.39, 0.29) is 18.6 Å². The molecule has 4 rings (SSSR count). The predicted octanol–water partition coefficient (Wildman–Crippen LogP) is 5.62. The minimum Gasteiger partial charge on any atom is -0.489 e. The second kappa shape index (κ2) is 9.66. The molecule has 2 N–H and O–H groups in total. The Labute approximate surface area is 214 Å². The van der Waals surface area contributed by atoms with Gasteiger partial charge >= 0.3 is 11.9 Å². The zero-order valence-corrected chi connectivity index (χ0v) is 21.3. The molecule has 0 saturated heterocycles. The van der Waals surface area contributed by atoms with Crippen LogP contribution in [-0.4, -0.2) is 31.9 Å². The Morgan fingerprint density at radius 1 is 1.14 bits per heavy atom. The van der Waals surface area contributed by atoms with E-state index < -0.39 is 17.4 Å². The van der Waals surface area contributed by atoms with Crippen LogP contribution in [0.15, 0.2) is 65.8 Å². The van der Waals surface area contributed by atoms with Crippen LogP contribution in [0.2, 0.25) is 5.02 Å². The van der Waals surface area contributed by atoms with Gasteiger partial charge in [0.2, 0.25) is 0 Å². The Kier molecular flexibility index (Phi) is 6.78. The first kappa shape index (κ1) is 25.3. The molecule has 36 heavy (non-hydrogen) atoms. The van der Waals surface area contributed by atoms with Gasteiger partial charge in [-0.1, -0.05) is 48.0 Å². The fraction of sp³-hybridized carbons (Fsp3) is 0.250. The van der Waals surface area contributed by atoms with Gasteiger partial charge in [-0.2, -0.15) is 5.10 Å². The quantitative estimate of drug-likeness (QED) is 0.431. The lowest BCUT2D eigenvalue weighted by molar-refractivity contribution is -0.142. The highest BCUT2D eigenvalue weighted by molar-refractivity contribution is 6.33. The second-order valence-corrected chi connectivity index (χ2v) is 9.43. The molecule has 1 aliphatic rings. The van der Waals surface area contributed by atoms with Gasteiger partial charge in [-0.3, -0.25) is 9.48 Å². The molecule has 1 atom stereocenters. The van der Waals surface area contributed by atoms with Crippen molar-refractivity contribution in [3.05, 3.63) is 93.2 Å². The van der Waals surface area contributed by atoms with E-state index in [9.17, 15) is 19.8 Å². The number of hydrogen-bond donors (Lipinski definition) is 2. The van der Waals surface area contributed by atoms with Crippen LogP contribution in [0.1, 0.15) is 35.7 Å². The average Bonchev–Trinajstić information content (AvgIpc) is 3.11. The molecule has 1 heterocycles. The fourth-order valence-corrected chi connectivity index (χ4v) is 4.77. The SMILES string of the molecule is CC1=C(C(=O)O)CC(C(=O)O)(c2ccccc2COc2ccc(-c3nn(C)c(C)c3Cl)cc2C)C=C1. The van der Waals surface area contributed by atoms with Crippen molar-refractivity contribution in [3.8, 4) is 17.0 Å². The Balaban J connectivity index is 1.63. The summed E-state index contributed by atoms with van der Waals surface area (Å²) in [6.45, 7) is 5.62. The molecule has 0 bridgehead atoms. The van der Waals surface area contributed by atoms with Crippen LogP contribution in [0, 0.1) is 13.8 Å². The number of carbonyl (C=O) groups is 2. The summed E-state index contributed by atoms with van der Waals surface area (Å²) in [4.78, 5) is 24.3. The number of aliphatic carboxylic acids is 2. The molecule has 1 aliphatic carbocycles. The molecule has 0 aliphatic heterocycles. The van der Waals surface area contributed by atoms with Crippen molar-refractivity contribution < 1.29 is 24.5 Å². The van der Waals surface area contributed by atoms with E-state index in [1.807, 2.05) is 45.2 Å². The number of carboxylic acids is 2. The first-order valence-electron chi connectivity index (χ1n) is 11.4. The van der Waals surface area contributed by atoms with Gasteiger partial charge in [0.1, 0.15) is 23.5 Å². The lowest BCUT2D eigenvalue weighted by atomic mass is 9.70. The summed E-state index contributed by atoms with van der Waals surface area (Å²) in [5.74, 6) is -1.58. The summed E-state index contributed by atoms with van der Waals surface area (Å²) < 4.78 is 7.86. The summed E-state index contributed by atoms with van der Waals surface area (Å²) in [6, 6.07) is 12.8. The zero-order valence-electron chi connectivity index (χ0n) is 20.5. The number of nitrogens with zero attached hydrogens (tertiary/aromatic N) is 2. The maximum Gasteiger partial charge on any atom is 0.331 e. The summed E-state index contributed by atoms with van der Waals surface area (Å²) in [5, 5.41) is 25.0. The van der Waals surface area contributed by atoms with Crippen molar-refractivity contribution in [1.82, 2.24) is 9.78 Å². The molecule has 1 unspecified atom stereocenters. The average molecular weight is 507 g/mol. The molecule has 0 radical (unpaired) electrons. The number of ether oxygens (including phenoxy) is 1. The van der Waals surface area contributed by atoms with Crippen LogP contribution in [0.25, 0.3) is 11.3 Å². The summed E-state index contributed by atoms with van der Waals surface area (Å²) in [7, 11) is 1.84. The van der Waals surface area contributed by atoms with E-state index in [0.717, 1.165) is 16.8 Å². The molecule has 7 nitrogen and oxygen atoms in total. The van der Waals surface area contributed by atoms with E-state index in [1.165, 1.54) is 0 Å². The molecule has 0 fully saturated rings. The lowest BCUT2D eigenvalue weighted by Gasteiger charge is -2.32. The lowest BCUT2D eigenvalue weighted by Crippen LogP contribution is -2.38. The van der Waals surface area contributed by atoms with E-state index in [2.05, 4.69) is 5.10 Å². The number of halogens is 1. The first-order chi connectivity index (χ1) is 17.0. The van der Waals surface area contributed by atoms with Crippen LogP contribution in [-0.2, 0) is 28.7 Å². The number of rotatable bonds is 7. The number of aryl methyl sites for hydroxylation is 2. The van der Waals surface area contributed by atoms with Gasteiger partial charge in [0.05, 0.1) is 10.7 Å². The highest BCUT2D eigenvalue weighted by Gasteiger charge is 2.43. The molecular formula is C28H27ClN2O5. The highest BCUT2D eigenvalue weighted by atomic mass is 35.5. The van der Waals surface area contributed by atoms with E-state index in [1.54, 1.807) is 42.0 Å². The van der Waals surface area contributed by atoms with E-state index >= 15 is 0 Å². The first-order valence-corrected chi connectivity index (χ1v) is 11.8. The van der Waals surface area contributed by atoms with Crippen LogP contribution in [0.3, 0.4) is 0 Å². The number of hydrogen-bond acceptors (Lipinski definition) is 4. The van der Waals surface area contributed by atoms with Crippen LogP contribution in [0.4, 0.5) is 0 Å². The van der Waals surface area contributed by atoms with Crippen molar-refractivity contribution in [2.24, 2.45) is 7.05 Å². The molecule has 3 aromatic rings. The van der Waals surface area contributed by atoms with Crippen molar-refractivity contribution >= 4 is 23.5 Å². The maximum absolute atomic E-state index is 12.5. The summed E-state index contributed by atoms with van der Waals surface area (Å²) in [5.41, 5.74) is 3.63. The van der Waals surface area contributed by atoms with Crippen LogP contribution in [0.5, 0.6) is 5.75 Å². The monoisotopic (exact) mass is 506 g/mol. The number of allylic oxidation sites excluding steroid dienone is 2. The van der Waals surface area contributed by atoms with Crippen LogP contribution >= 0.6 is 11.6 Å². The normalized spacial score (nSPS) is 17.4. The van der Waals surface area contributed by atoms with Crippen molar-refractivity contribution in [2.45, 2.75) is 39.2 Å². The van der Waals surface area contributed by atoms with Gasteiger partial charge in [-0.25, -0.2) is 4.79 Å². The minimum absolute atomic E-state index is 0.0884. The van der Waals surface area contributed by atoms with Gasteiger partial charge in [-0.15, -0.1) is 0 Å². The van der Waals surface area contributed by atoms with Crippen molar-refractivity contribution in [1.29, 1.82) is 0 Å². The predicted molar refractivity (Wildman–Crippen MR) is 137 cm³/mol. The molecule has 0 spiro atoms. The summed E-state index contributed by atoms with van der Waals surface area (Å²) in [6.07, 6.45) is 3.01. The van der Waals surface area contributed by atoms with Gasteiger partial charge in [0, 0.05) is 24.6 Å². The Bertz CT molecular complexity index is 1440. The van der Waals surface area contributed by atoms with Gasteiger partial charge in [0.25, 0.3) is 0 Å². The fourth-order valence-electron chi connectivity index (χ4n) is 4.50. The third kappa shape index (κ3) is 4.42. The number of aromatic nitrogens is 2. The van der Waals surface area contributed by atoms with E-state index in [4.69, 9.17) is 16.3 Å². The zero-order chi connectivity index (χ0) is 26.2. The molecule has 8 heteroatoms. The van der Waals surface area contributed by atoms with Gasteiger partial charge < -0.3 is 14.9 Å². The Hall–Kier alpha value is -3.84. The third-order valence-electron chi connectivity index (χ3n) is 6.78. The highest BCUT2D eigenvalue weighted by Crippen LogP contribution is 2.40. The van der Waals surface area contributed by atoms with Crippen molar-refractivity contribution in [3.63, 3.8) is 0 Å². The van der Waals surface area contributed by atoms with Crippen molar-refractivity contribution in [2.75, 3.05) is 0 Å². The number of carboxylic acid groups (broad SMARTS) is 2. The molecular weight excluding hydrogens is 480 g/mol. The minimum atomic E-state index is -1.50. The van der Waals surface area contributed by atoms with E-state index in [0.29, 0.717) is 33.2 Å². The molecule has 0 saturated carbocycles. The molecule has 2 aromatic carbocycles. The second-order valence-electron chi connectivity index (χ2n) is 9.05. The Morgan fingerprint density at radius 3 is 2.47 bits per heavy atom. The maximum atomic E-state index is 12.5. The molecule has 186 valence electrons. The smallest absolute Gasteiger partial charge is 0.331 e. The topological polar surface area (TPSA) is 102 Å². The number of benzene rings is 2. The molecule has 1 aromatic heterocycles. The largest absolute Gasteiger partial charge is 0.489 e. The molecule has 0 amide bonds. The van der Waals surface area contributed by atoms with Gasteiger partial charge in [0.15, 0.2) is 0 Å². The third-order valence-corrected chi connectivity index (χ3v) is 7.23. The standard InChI is InChI=1S/C28H27ClN2O5/c1-16-11-12-28(27(34)35,14-21(16)26(32)33)22-8-6-5-7-20(22)15-36-23-10-9-19(13-17(23)2)25-24(29)18(3)31(4)30-25/h5-13H,14-15H2,1-4H3,(H,32,33)(H,34,35).